The lowest BCUT2D eigenvalue weighted by molar-refractivity contribution is 1.18. The number of aromatic nitrogens is 1. The van der Waals surface area contributed by atoms with Gasteiger partial charge in [-0.05, 0) is 29.5 Å². The number of fused-ring (bicyclic) bond motifs is 3. The second kappa shape index (κ2) is 6.40. The maximum Gasteiger partial charge on any atom is 0.256 e. The van der Waals surface area contributed by atoms with Crippen LogP contribution in [0.1, 0.15) is 32.0 Å². The average molecular weight is 279 g/mol. The largest absolute Gasteiger partial charge is 0.321 e. The molecule has 1 aliphatic rings. The van der Waals surface area contributed by atoms with E-state index in [0.717, 1.165) is 28.5 Å². The highest BCUT2D eigenvalue weighted by molar-refractivity contribution is 5.94. The van der Waals surface area contributed by atoms with Crippen molar-refractivity contribution in [3.05, 3.63) is 76.3 Å². The third kappa shape index (κ3) is 2.49. The molecule has 21 heavy (non-hydrogen) atoms. The van der Waals surface area contributed by atoms with Crippen LogP contribution >= 0.6 is 0 Å². The summed E-state index contributed by atoms with van der Waals surface area (Å²) in [5.41, 5.74) is 4.35. The van der Waals surface area contributed by atoms with Crippen LogP contribution in [0.4, 0.5) is 0 Å². The minimum atomic E-state index is -0.0262. The second-order valence-corrected chi connectivity index (χ2v) is 4.67. The van der Waals surface area contributed by atoms with Crippen molar-refractivity contribution < 1.29 is 0 Å². The Morgan fingerprint density at radius 3 is 2.48 bits per heavy atom. The molecule has 0 unspecified atom stereocenters. The van der Waals surface area contributed by atoms with E-state index in [1.165, 1.54) is 11.1 Å². The van der Waals surface area contributed by atoms with Crippen molar-refractivity contribution in [2.24, 2.45) is 0 Å². The van der Waals surface area contributed by atoms with Gasteiger partial charge in [0.25, 0.3) is 5.56 Å². The van der Waals surface area contributed by atoms with Crippen LogP contribution in [0.5, 0.6) is 0 Å². The third-order valence-corrected chi connectivity index (χ3v) is 3.60. The summed E-state index contributed by atoms with van der Waals surface area (Å²) in [5.74, 6) is 0. The van der Waals surface area contributed by atoms with E-state index in [9.17, 15) is 4.79 Å². The van der Waals surface area contributed by atoms with E-state index < -0.39 is 0 Å². The topological polar surface area (TPSA) is 32.9 Å². The molecule has 0 aliphatic heterocycles. The lowest BCUT2D eigenvalue weighted by Gasteiger charge is -2.06. The van der Waals surface area contributed by atoms with Gasteiger partial charge in [-0.2, -0.15) is 0 Å². The summed E-state index contributed by atoms with van der Waals surface area (Å²) < 4.78 is 0. The summed E-state index contributed by atoms with van der Waals surface area (Å²) >= 11 is 0. The number of aromatic amines is 1. The zero-order valence-electron chi connectivity index (χ0n) is 12.9. The fourth-order valence-corrected chi connectivity index (χ4v) is 2.73. The molecule has 0 fully saturated rings. The van der Waals surface area contributed by atoms with Gasteiger partial charge in [0.05, 0.1) is 5.69 Å². The lowest BCUT2D eigenvalue weighted by Crippen LogP contribution is -2.10. The summed E-state index contributed by atoms with van der Waals surface area (Å²) in [4.78, 5) is 15.2. The SMILES string of the molecule is C=CC1=C(/C=C\C)c2[nH]c(=O)c3ccccc3c2C1.CC. The molecule has 0 bridgehead atoms. The smallest absolute Gasteiger partial charge is 0.256 e. The van der Waals surface area contributed by atoms with E-state index in [4.69, 9.17) is 0 Å². The third-order valence-electron chi connectivity index (χ3n) is 3.60. The maximum atomic E-state index is 12.2. The van der Waals surface area contributed by atoms with E-state index in [0.29, 0.717) is 0 Å². The summed E-state index contributed by atoms with van der Waals surface area (Å²) in [7, 11) is 0. The van der Waals surface area contributed by atoms with Gasteiger partial charge in [-0.3, -0.25) is 4.79 Å². The maximum absolute atomic E-state index is 12.2. The van der Waals surface area contributed by atoms with Gasteiger partial charge in [-0.1, -0.05) is 56.9 Å². The van der Waals surface area contributed by atoms with Crippen molar-refractivity contribution in [3.8, 4) is 0 Å². The van der Waals surface area contributed by atoms with Gasteiger partial charge in [0.2, 0.25) is 0 Å². The summed E-state index contributed by atoms with van der Waals surface area (Å²) in [5, 5.41) is 1.80. The molecule has 2 aromatic rings. The van der Waals surface area contributed by atoms with E-state index in [-0.39, 0.29) is 5.56 Å². The lowest BCUT2D eigenvalue weighted by atomic mass is 10.0. The monoisotopic (exact) mass is 279 g/mol. The van der Waals surface area contributed by atoms with E-state index >= 15 is 0 Å². The first kappa shape index (κ1) is 15.0. The zero-order valence-corrected chi connectivity index (χ0v) is 12.9. The van der Waals surface area contributed by atoms with Crippen LogP contribution in [0.2, 0.25) is 0 Å². The van der Waals surface area contributed by atoms with Crippen LogP contribution < -0.4 is 5.56 Å². The van der Waals surface area contributed by atoms with E-state index in [1.807, 2.05) is 63.3 Å². The summed E-state index contributed by atoms with van der Waals surface area (Å²) in [6.07, 6.45) is 6.73. The number of hydrogen-bond acceptors (Lipinski definition) is 1. The molecule has 0 spiro atoms. The van der Waals surface area contributed by atoms with Crippen molar-refractivity contribution in [3.63, 3.8) is 0 Å². The number of pyridine rings is 1. The minimum Gasteiger partial charge on any atom is -0.321 e. The fourth-order valence-electron chi connectivity index (χ4n) is 2.73. The molecule has 0 atom stereocenters. The zero-order chi connectivity index (χ0) is 15.4. The molecule has 2 nitrogen and oxygen atoms in total. The molecule has 1 heterocycles. The molecule has 1 N–H and O–H groups in total. The van der Waals surface area contributed by atoms with Crippen LogP contribution in [-0.4, -0.2) is 4.98 Å². The normalized spacial score (nSPS) is 13.3. The van der Waals surface area contributed by atoms with E-state index in [1.54, 1.807) is 0 Å². The fraction of sp³-hybridized carbons (Fsp3) is 0.211. The van der Waals surface area contributed by atoms with Crippen molar-refractivity contribution in [1.29, 1.82) is 0 Å². The predicted molar refractivity (Wildman–Crippen MR) is 91.6 cm³/mol. The number of H-pyrrole nitrogens is 1. The Bertz CT molecular complexity index is 791. The Kier molecular flexibility index (Phi) is 4.59. The molecular weight excluding hydrogens is 258 g/mol. The predicted octanol–water partition coefficient (Wildman–Crippen LogP) is 4.63. The summed E-state index contributed by atoms with van der Waals surface area (Å²) in [6.45, 7) is 9.85. The molecular formula is C19H21NO. The number of benzene rings is 1. The quantitative estimate of drug-likeness (QED) is 0.854. The molecule has 0 saturated carbocycles. The molecule has 0 radical (unpaired) electrons. The Balaban J connectivity index is 0.000000774. The highest BCUT2D eigenvalue weighted by Gasteiger charge is 2.21. The number of nitrogens with one attached hydrogen (secondary N) is 1. The molecule has 1 aliphatic carbocycles. The number of hydrogen-bond donors (Lipinski definition) is 1. The molecule has 0 saturated heterocycles. The number of rotatable bonds is 2. The van der Waals surface area contributed by atoms with Gasteiger partial charge in [-0.25, -0.2) is 0 Å². The van der Waals surface area contributed by atoms with Gasteiger partial charge in [0, 0.05) is 17.4 Å². The molecule has 3 rings (SSSR count). The van der Waals surface area contributed by atoms with Crippen LogP contribution in [0.15, 0.2) is 59.4 Å². The molecule has 1 aromatic heterocycles. The Hall–Kier alpha value is -2.35. The average Bonchev–Trinajstić information content (AvgIpc) is 2.88. The Morgan fingerprint density at radius 1 is 1.19 bits per heavy atom. The first-order valence-electron chi connectivity index (χ1n) is 7.38. The highest BCUT2D eigenvalue weighted by Crippen LogP contribution is 2.35. The van der Waals surface area contributed by atoms with Gasteiger partial charge in [-0.15, -0.1) is 0 Å². The Labute approximate surface area is 125 Å². The molecule has 1 aromatic carbocycles. The van der Waals surface area contributed by atoms with Crippen molar-refractivity contribution >= 4 is 16.3 Å². The minimum absolute atomic E-state index is 0.0262. The van der Waals surface area contributed by atoms with Crippen molar-refractivity contribution in [2.45, 2.75) is 27.2 Å². The molecule has 108 valence electrons. The molecule has 0 amide bonds. The van der Waals surface area contributed by atoms with Crippen LogP contribution in [0.3, 0.4) is 0 Å². The number of allylic oxidation sites excluding steroid dienone is 5. The molecule has 2 heteroatoms. The van der Waals surface area contributed by atoms with Crippen LogP contribution in [0, 0.1) is 0 Å². The highest BCUT2D eigenvalue weighted by atomic mass is 16.1. The van der Waals surface area contributed by atoms with Gasteiger partial charge in [0.1, 0.15) is 0 Å². The van der Waals surface area contributed by atoms with Crippen LogP contribution in [0.25, 0.3) is 16.3 Å². The first-order chi connectivity index (χ1) is 10.3. The first-order valence-corrected chi connectivity index (χ1v) is 7.38. The second-order valence-electron chi connectivity index (χ2n) is 4.67. The van der Waals surface area contributed by atoms with Crippen molar-refractivity contribution in [2.75, 3.05) is 0 Å². The summed E-state index contributed by atoms with van der Waals surface area (Å²) in [6, 6.07) is 7.76. The van der Waals surface area contributed by atoms with E-state index in [2.05, 4.69) is 11.6 Å². The van der Waals surface area contributed by atoms with Crippen LogP contribution in [-0.2, 0) is 6.42 Å². The Morgan fingerprint density at radius 2 is 1.86 bits per heavy atom. The van der Waals surface area contributed by atoms with Gasteiger partial charge in [0.15, 0.2) is 0 Å². The standard InChI is InChI=1S/C17H15NO.C2H6/c1-3-7-12-11(4-2)10-15-13-8-5-6-9-14(13)17(19)18-16(12)15;1-2/h3-9H,2,10H2,1H3,(H,18,19);1-2H3/b7-3-;. The van der Waals surface area contributed by atoms with Gasteiger partial charge >= 0.3 is 0 Å². The van der Waals surface area contributed by atoms with Gasteiger partial charge < -0.3 is 4.98 Å². The van der Waals surface area contributed by atoms with Crippen molar-refractivity contribution in [1.82, 2.24) is 4.98 Å².